The Hall–Kier alpha value is -0.920. The molecule has 2 heteroatoms. The van der Waals surface area contributed by atoms with Crippen LogP contribution >= 0.6 is 0 Å². The Balaban J connectivity index is 2.25. The molecule has 1 aliphatic heterocycles. The maximum absolute atomic E-state index is 4.04. The number of rotatable bonds is 0. The van der Waals surface area contributed by atoms with Gasteiger partial charge in [0.05, 0.1) is 12.2 Å². The maximum atomic E-state index is 4.04. The van der Waals surface area contributed by atoms with Crippen molar-refractivity contribution in [3.05, 3.63) is 24.4 Å². The fourth-order valence-corrected chi connectivity index (χ4v) is 1.16. The van der Waals surface area contributed by atoms with Crippen molar-refractivity contribution < 1.29 is 0 Å². The van der Waals surface area contributed by atoms with Crippen LogP contribution in [0, 0.1) is 12.0 Å². The second-order valence-corrected chi connectivity index (χ2v) is 2.28. The zero-order valence-corrected chi connectivity index (χ0v) is 4.99. The molecule has 2 aliphatic rings. The van der Waals surface area contributed by atoms with Crippen molar-refractivity contribution in [1.82, 2.24) is 0 Å². The minimum absolute atomic E-state index is 0.370. The van der Waals surface area contributed by atoms with Gasteiger partial charge in [-0.3, -0.25) is 0 Å². The molecule has 2 atom stereocenters. The van der Waals surface area contributed by atoms with Gasteiger partial charge in [-0.2, -0.15) is 10.2 Å². The summed E-state index contributed by atoms with van der Waals surface area (Å²) in [6, 6.07) is 0.370. The molecule has 0 bridgehead atoms. The van der Waals surface area contributed by atoms with Gasteiger partial charge in [0.15, 0.2) is 0 Å². The zero-order valence-electron chi connectivity index (χ0n) is 4.99. The molecule has 2 rings (SSSR count). The molecule has 0 aromatic carbocycles. The molecule has 0 fully saturated rings. The van der Waals surface area contributed by atoms with Crippen LogP contribution in [0.1, 0.15) is 6.42 Å². The predicted molar refractivity (Wildman–Crippen MR) is 33.7 cm³/mol. The van der Waals surface area contributed by atoms with Crippen molar-refractivity contribution in [3.8, 4) is 0 Å². The highest BCUT2D eigenvalue weighted by atomic mass is 15.1. The first kappa shape index (κ1) is 4.91. The molecular weight excluding hydrogens is 112 g/mol. The molecule has 0 N–H and O–H groups in total. The van der Waals surface area contributed by atoms with E-state index in [2.05, 4.69) is 28.5 Å². The fraction of sp³-hybridized carbons (Fsp3) is 0.429. The first-order chi connectivity index (χ1) is 4.47. The summed E-state index contributed by atoms with van der Waals surface area (Å²) in [7, 11) is 0. The first-order valence-corrected chi connectivity index (χ1v) is 3.11. The van der Waals surface area contributed by atoms with Crippen molar-refractivity contribution in [3.63, 3.8) is 0 Å². The van der Waals surface area contributed by atoms with Crippen molar-refractivity contribution in [2.24, 2.45) is 16.1 Å². The van der Waals surface area contributed by atoms with Gasteiger partial charge < -0.3 is 0 Å². The molecule has 2 nitrogen and oxygen atoms in total. The largest absolute Gasteiger partial charge is 0.185 e. The van der Waals surface area contributed by atoms with Gasteiger partial charge in [-0.05, 0) is 12.5 Å². The lowest BCUT2D eigenvalue weighted by molar-refractivity contribution is 0.570. The van der Waals surface area contributed by atoms with Gasteiger partial charge >= 0.3 is 0 Å². The molecule has 1 radical (unpaired) electrons. The van der Waals surface area contributed by atoms with Crippen LogP contribution in [0.2, 0.25) is 0 Å². The van der Waals surface area contributed by atoms with Crippen LogP contribution in [0.4, 0.5) is 0 Å². The Labute approximate surface area is 54.0 Å². The van der Waals surface area contributed by atoms with E-state index in [0.29, 0.717) is 12.0 Å². The summed E-state index contributed by atoms with van der Waals surface area (Å²) in [5, 5.41) is 7.80. The first-order valence-electron chi connectivity index (χ1n) is 3.11. The molecule has 0 saturated carbocycles. The summed E-state index contributed by atoms with van der Waals surface area (Å²) in [6.07, 6.45) is 10.1. The van der Waals surface area contributed by atoms with Gasteiger partial charge in [0.1, 0.15) is 0 Å². The van der Waals surface area contributed by atoms with Crippen LogP contribution in [0.15, 0.2) is 28.6 Å². The van der Waals surface area contributed by atoms with Gasteiger partial charge in [0.25, 0.3) is 0 Å². The van der Waals surface area contributed by atoms with E-state index >= 15 is 0 Å². The van der Waals surface area contributed by atoms with Gasteiger partial charge in [-0.25, -0.2) is 0 Å². The van der Waals surface area contributed by atoms with E-state index in [1.807, 2.05) is 0 Å². The highest BCUT2D eigenvalue weighted by molar-refractivity contribution is 5.10. The summed E-state index contributed by atoms with van der Waals surface area (Å²) < 4.78 is 0. The lowest BCUT2D eigenvalue weighted by atomic mass is 10.0. The van der Waals surface area contributed by atoms with Crippen LogP contribution < -0.4 is 0 Å². The van der Waals surface area contributed by atoms with E-state index in [-0.39, 0.29) is 0 Å². The fourth-order valence-electron chi connectivity index (χ4n) is 1.16. The number of azo groups is 1. The summed E-state index contributed by atoms with van der Waals surface area (Å²) in [5.41, 5.74) is 0. The molecule has 0 aromatic rings. The van der Waals surface area contributed by atoms with E-state index < -0.39 is 0 Å². The predicted octanol–water partition coefficient (Wildman–Crippen LogP) is 1.71. The third kappa shape index (κ3) is 0.707. The van der Waals surface area contributed by atoms with Crippen LogP contribution in [-0.4, -0.2) is 6.04 Å². The second-order valence-electron chi connectivity index (χ2n) is 2.28. The van der Waals surface area contributed by atoms with Gasteiger partial charge in [-0.15, -0.1) is 0 Å². The summed E-state index contributed by atoms with van der Waals surface area (Å²) in [6.45, 7) is 0. The second kappa shape index (κ2) is 1.79. The molecule has 1 aliphatic carbocycles. The van der Waals surface area contributed by atoms with Gasteiger partial charge in [0.2, 0.25) is 0 Å². The number of hydrogen-bond donors (Lipinski definition) is 0. The lowest BCUT2D eigenvalue weighted by Crippen LogP contribution is -2.10. The Morgan fingerprint density at radius 2 is 2.56 bits per heavy atom. The average Bonchev–Trinajstić information content (AvgIpc) is 2.33. The quantitative estimate of drug-likeness (QED) is 0.434. The maximum Gasteiger partial charge on any atom is 0.0850 e. The number of fused-ring (bicyclic) bond motifs is 1. The van der Waals surface area contributed by atoms with Crippen molar-refractivity contribution in [2.75, 3.05) is 0 Å². The Morgan fingerprint density at radius 1 is 1.56 bits per heavy atom. The lowest BCUT2D eigenvalue weighted by Gasteiger charge is -2.10. The zero-order chi connectivity index (χ0) is 6.10. The highest BCUT2D eigenvalue weighted by Crippen LogP contribution is 2.24. The Kier molecular flexibility index (Phi) is 0.979. The molecule has 9 heavy (non-hydrogen) atoms. The molecule has 0 saturated heterocycles. The van der Waals surface area contributed by atoms with Crippen LogP contribution in [-0.2, 0) is 0 Å². The Bertz CT molecular complexity index is 191. The smallest absolute Gasteiger partial charge is 0.0850 e. The van der Waals surface area contributed by atoms with Crippen molar-refractivity contribution in [2.45, 2.75) is 12.5 Å². The summed E-state index contributed by atoms with van der Waals surface area (Å²) in [4.78, 5) is 0. The number of nitrogens with zero attached hydrogens (tertiary/aromatic N) is 2. The van der Waals surface area contributed by atoms with Crippen molar-refractivity contribution >= 4 is 0 Å². The normalized spacial score (nSPS) is 37.3. The van der Waals surface area contributed by atoms with E-state index in [9.17, 15) is 0 Å². The molecule has 0 amide bonds. The molecular formula is C7H7N2. The third-order valence-corrected chi connectivity index (χ3v) is 1.68. The third-order valence-electron chi connectivity index (χ3n) is 1.68. The van der Waals surface area contributed by atoms with E-state index in [1.54, 1.807) is 6.20 Å². The van der Waals surface area contributed by atoms with Crippen LogP contribution in [0.5, 0.6) is 0 Å². The van der Waals surface area contributed by atoms with E-state index in [0.717, 1.165) is 6.42 Å². The average molecular weight is 119 g/mol. The van der Waals surface area contributed by atoms with Crippen molar-refractivity contribution in [1.29, 1.82) is 0 Å². The Morgan fingerprint density at radius 3 is 3.44 bits per heavy atom. The van der Waals surface area contributed by atoms with Gasteiger partial charge in [0, 0.05) is 5.92 Å². The molecule has 0 spiro atoms. The molecule has 1 heterocycles. The molecule has 2 unspecified atom stereocenters. The summed E-state index contributed by atoms with van der Waals surface area (Å²) in [5.74, 6) is 0.419. The number of hydrogen-bond acceptors (Lipinski definition) is 2. The SMILES string of the molecule is [C]1=CN=NC2CC=CC12. The topological polar surface area (TPSA) is 24.7 Å². The molecule has 0 aromatic heterocycles. The molecule has 45 valence electrons. The standard InChI is InChI=1S/C7H7N2/c1-2-6-4-5-8-9-7(6)3-1/h1-2,5-7H,3H2. The van der Waals surface area contributed by atoms with E-state index in [1.165, 1.54) is 0 Å². The van der Waals surface area contributed by atoms with Crippen LogP contribution in [0.3, 0.4) is 0 Å². The minimum atomic E-state index is 0.370. The van der Waals surface area contributed by atoms with E-state index in [4.69, 9.17) is 0 Å². The monoisotopic (exact) mass is 119 g/mol. The highest BCUT2D eigenvalue weighted by Gasteiger charge is 2.21. The van der Waals surface area contributed by atoms with Gasteiger partial charge in [-0.1, -0.05) is 12.2 Å². The van der Waals surface area contributed by atoms with Crippen LogP contribution in [0.25, 0.3) is 0 Å². The summed E-state index contributed by atoms with van der Waals surface area (Å²) >= 11 is 0. The minimum Gasteiger partial charge on any atom is -0.185 e.